The Kier molecular flexibility index (Phi) is 5.42. The first-order valence-electron chi connectivity index (χ1n) is 13.2. The van der Waals surface area contributed by atoms with E-state index < -0.39 is 23.2 Å². The molecule has 1 aliphatic heterocycles. The summed E-state index contributed by atoms with van der Waals surface area (Å²) in [6.45, 7) is 0.197. The number of nitrogens with one attached hydrogen (secondary N) is 1. The van der Waals surface area contributed by atoms with Gasteiger partial charge >= 0.3 is 0 Å². The number of carbonyl (C=O) groups is 3. The first-order chi connectivity index (χ1) is 19.5. The number of phenolic OH excluding ortho intramolecular Hbond substituents is 1. The summed E-state index contributed by atoms with van der Waals surface area (Å²) in [7, 11) is 0. The maximum atomic E-state index is 14.3. The summed E-state index contributed by atoms with van der Waals surface area (Å²) in [5.74, 6) is -2.75. The van der Waals surface area contributed by atoms with E-state index in [0.717, 1.165) is 27.8 Å². The number of hydrazone groups is 1. The van der Waals surface area contributed by atoms with Crippen molar-refractivity contribution in [1.29, 1.82) is 0 Å². The number of aromatic hydroxyl groups is 1. The second kappa shape index (κ2) is 9.02. The third-order valence-corrected chi connectivity index (χ3v) is 8.54. The van der Waals surface area contributed by atoms with Gasteiger partial charge in [-0.2, -0.15) is 5.10 Å². The number of imide groups is 1. The molecule has 3 aliphatic carbocycles. The lowest BCUT2D eigenvalue weighted by atomic mass is 9.47. The summed E-state index contributed by atoms with van der Waals surface area (Å²) in [4.78, 5) is 42.6. The van der Waals surface area contributed by atoms with Gasteiger partial charge in [-0.25, -0.2) is 5.43 Å². The van der Waals surface area contributed by atoms with Crippen LogP contribution in [0.25, 0.3) is 0 Å². The van der Waals surface area contributed by atoms with E-state index in [1.165, 1.54) is 17.0 Å². The first-order valence-corrected chi connectivity index (χ1v) is 13.2. The zero-order chi connectivity index (χ0) is 27.4. The molecule has 0 saturated carbocycles. The van der Waals surface area contributed by atoms with E-state index in [1.807, 2.05) is 78.9 Å². The molecule has 2 N–H and O–H groups in total. The van der Waals surface area contributed by atoms with Crippen LogP contribution >= 0.6 is 0 Å². The van der Waals surface area contributed by atoms with Crippen LogP contribution in [0.5, 0.6) is 5.75 Å². The largest absolute Gasteiger partial charge is 0.507 e. The summed E-state index contributed by atoms with van der Waals surface area (Å²) in [6.07, 6.45) is 1.62. The highest BCUT2D eigenvalue weighted by Gasteiger charge is 2.67. The van der Waals surface area contributed by atoms with Crippen molar-refractivity contribution < 1.29 is 19.5 Å². The van der Waals surface area contributed by atoms with Crippen molar-refractivity contribution in [3.05, 3.63) is 137 Å². The van der Waals surface area contributed by atoms with Crippen molar-refractivity contribution in [3.63, 3.8) is 0 Å². The van der Waals surface area contributed by atoms with Crippen LogP contribution in [0.3, 0.4) is 0 Å². The van der Waals surface area contributed by atoms with Crippen molar-refractivity contribution in [2.45, 2.75) is 17.9 Å². The van der Waals surface area contributed by atoms with Crippen LogP contribution < -0.4 is 5.43 Å². The quantitative estimate of drug-likeness (QED) is 0.229. The van der Waals surface area contributed by atoms with Crippen LogP contribution in [-0.2, 0) is 21.5 Å². The number of rotatable bonds is 5. The maximum absolute atomic E-state index is 14.3. The highest BCUT2D eigenvalue weighted by atomic mass is 16.3. The second-order valence-corrected chi connectivity index (χ2v) is 10.5. The predicted octanol–water partition coefficient (Wildman–Crippen LogP) is 4.35. The Morgan fingerprint density at radius 2 is 1.43 bits per heavy atom. The van der Waals surface area contributed by atoms with Crippen molar-refractivity contribution in [1.82, 2.24) is 10.3 Å². The van der Waals surface area contributed by atoms with E-state index in [9.17, 15) is 19.5 Å². The Labute approximate surface area is 230 Å². The minimum absolute atomic E-state index is 0.0873. The van der Waals surface area contributed by atoms with Crippen LogP contribution in [0.2, 0.25) is 0 Å². The van der Waals surface area contributed by atoms with Crippen LogP contribution in [0.1, 0.15) is 44.1 Å². The molecule has 40 heavy (non-hydrogen) atoms. The van der Waals surface area contributed by atoms with Crippen molar-refractivity contribution in [3.8, 4) is 5.75 Å². The average molecular weight is 528 g/mol. The van der Waals surface area contributed by atoms with Gasteiger partial charge in [-0.05, 0) is 39.9 Å². The molecule has 2 bridgehead atoms. The molecule has 0 spiro atoms. The van der Waals surface area contributed by atoms with Gasteiger partial charge in [0.1, 0.15) is 5.75 Å². The topological polar surface area (TPSA) is 99.1 Å². The molecule has 7 heteroatoms. The van der Waals surface area contributed by atoms with Gasteiger partial charge in [-0.15, -0.1) is 0 Å². The maximum Gasteiger partial charge on any atom is 0.275 e. The van der Waals surface area contributed by atoms with E-state index in [-0.39, 0.29) is 35.6 Å². The van der Waals surface area contributed by atoms with Crippen LogP contribution in [0.4, 0.5) is 0 Å². The third kappa shape index (κ3) is 3.30. The molecule has 4 aromatic carbocycles. The number of hydrogen-bond donors (Lipinski definition) is 2. The van der Waals surface area contributed by atoms with Gasteiger partial charge in [0.25, 0.3) is 5.91 Å². The van der Waals surface area contributed by atoms with Gasteiger partial charge in [0, 0.05) is 12.1 Å². The fourth-order valence-electron chi connectivity index (χ4n) is 6.95. The van der Waals surface area contributed by atoms with Crippen LogP contribution in [0, 0.1) is 11.8 Å². The lowest BCUT2D eigenvalue weighted by Gasteiger charge is -2.52. The Bertz CT molecular complexity index is 1670. The molecule has 4 aliphatic rings. The average Bonchev–Trinajstić information content (AvgIpc) is 3.24. The SMILES string of the molecule is O=C(N/N=C\C12c3ccccc3C(c3ccccc31)[C@H]1C(=O)N(Cc3ccccc3)C(=O)[C@@H]12)c1ccccc1O. The number of carbonyl (C=O) groups excluding carboxylic acids is 3. The van der Waals surface area contributed by atoms with Crippen molar-refractivity contribution in [2.24, 2.45) is 16.9 Å². The zero-order valence-electron chi connectivity index (χ0n) is 21.4. The fraction of sp³-hybridized carbons (Fsp3) is 0.152. The summed E-state index contributed by atoms with van der Waals surface area (Å²) >= 11 is 0. The molecule has 0 unspecified atom stereocenters. The first kappa shape index (κ1) is 24.0. The highest BCUT2D eigenvalue weighted by Crippen LogP contribution is 2.63. The Morgan fingerprint density at radius 3 is 2.10 bits per heavy atom. The molecular formula is C33H25N3O4. The van der Waals surface area contributed by atoms with E-state index in [4.69, 9.17) is 0 Å². The lowest BCUT2D eigenvalue weighted by molar-refractivity contribution is -0.140. The molecule has 1 fully saturated rings. The molecule has 0 radical (unpaired) electrons. The Balaban J connectivity index is 1.37. The number of likely N-dealkylation sites (tertiary alicyclic amines) is 1. The molecule has 0 aromatic heterocycles. The summed E-state index contributed by atoms with van der Waals surface area (Å²) in [6, 6.07) is 31.5. The van der Waals surface area contributed by atoms with Gasteiger partial charge in [0.2, 0.25) is 11.8 Å². The number of phenols is 1. The molecule has 4 aromatic rings. The predicted molar refractivity (Wildman–Crippen MR) is 149 cm³/mol. The van der Waals surface area contributed by atoms with E-state index in [2.05, 4.69) is 10.5 Å². The van der Waals surface area contributed by atoms with Gasteiger partial charge in [-0.1, -0.05) is 91.0 Å². The minimum Gasteiger partial charge on any atom is -0.507 e. The highest BCUT2D eigenvalue weighted by molar-refractivity contribution is 6.11. The monoisotopic (exact) mass is 527 g/mol. The van der Waals surface area contributed by atoms with Crippen LogP contribution in [0.15, 0.2) is 108 Å². The van der Waals surface area contributed by atoms with E-state index in [1.54, 1.807) is 18.3 Å². The molecule has 7 nitrogen and oxygen atoms in total. The normalized spacial score (nSPS) is 24.1. The zero-order valence-corrected chi connectivity index (χ0v) is 21.4. The summed E-state index contributed by atoms with van der Waals surface area (Å²) in [5, 5.41) is 14.5. The lowest BCUT2D eigenvalue weighted by Crippen LogP contribution is -2.54. The standard InChI is InChI=1S/C33H25N3O4/c37-26-17-9-6-14-23(26)30(38)35-34-19-33-24-15-7-4-12-21(24)27(22-13-5-8-16-25(22)33)28-29(33)32(40)36(31(28)39)18-20-10-2-1-3-11-20/h1-17,19,27-29,37H,18H2,(H,35,38)/b34-19-/t27?,28-,29-,33?/m1/s1. The number of nitrogens with zero attached hydrogens (tertiary/aromatic N) is 2. The van der Waals surface area contributed by atoms with Crippen molar-refractivity contribution in [2.75, 3.05) is 0 Å². The third-order valence-electron chi connectivity index (χ3n) is 8.54. The van der Waals surface area contributed by atoms with Gasteiger partial charge < -0.3 is 5.11 Å². The van der Waals surface area contributed by atoms with Crippen LogP contribution in [-0.4, -0.2) is 33.9 Å². The molecule has 8 rings (SSSR count). The van der Waals surface area contributed by atoms with Crippen molar-refractivity contribution >= 4 is 23.9 Å². The fourth-order valence-corrected chi connectivity index (χ4v) is 6.95. The van der Waals surface area contributed by atoms with E-state index >= 15 is 0 Å². The molecular weight excluding hydrogens is 502 g/mol. The minimum atomic E-state index is -1.07. The smallest absolute Gasteiger partial charge is 0.275 e. The molecule has 1 saturated heterocycles. The molecule has 196 valence electrons. The molecule has 2 atom stereocenters. The number of hydrogen-bond acceptors (Lipinski definition) is 5. The Morgan fingerprint density at radius 1 is 0.825 bits per heavy atom. The number of benzene rings is 4. The van der Waals surface area contributed by atoms with Gasteiger partial charge in [0.15, 0.2) is 0 Å². The second-order valence-electron chi connectivity index (χ2n) is 10.5. The molecule has 3 amide bonds. The Hall–Kier alpha value is -5.04. The van der Waals surface area contributed by atoms with Gasteiger partial charge in [-0.3, -0.25) is 19.3 Å². The van der Waals surface area contributed by atoms with E-state index in [0.29, 0.717) is 0 Å². The molecule has 1 heterocycles. The summed E-state index contributed by atoms with van der Waals surface area (Å²) in [5.41, 5.74) is 6.23. The van der Waals surface area contributed by atoms with Gasteiger partial charge in [0.05, 0.1) is 29.4 Å². The number of amides is 3. The summed E-state index contributed by atoms with van der Waals surface area (Å²) < 4.78 is 0. The number of para-hydroxylation sites is 1.